The van der Waals surface area contributed by atoms with Crippen LogP contribution in [0.4, 0.5) is 10.9 Å². The van der Waals surface area contributed by atoms with Crippen molar-refractivity contribution in [2.75, 3.05) is 5.32 Å². The molecule has 1 N–H and O–H groups in total. The van der Waals surface area contributed by atoms with E-state index in [1.54, 1.807) is 11.3 Å². The molecule has 0 amide bonds. The van der Waals surface area contributed by atoms with E-state index in [9.17, 15) is 0 Å². The number of pyridine rings is 1. The normalized spacial score (nSPS) is 11.0. The van der Waals surface area contributed by atoms with Crippen LogP contribution in [0.2, 0.25) is 0 Å². The van der Waals surface area contributed by atoms with E-state index in [4.69, 9.17) is 4.74 Å². The third-order valence-corrected chi connectivity index (χ3v) is 4.60. The lowest BCUT2D eigenvalue weighted by Gasteiger charge is -2.12. The lowest BCUT2D eigenvalue weighted by molar-refractivity contribution is 0.307. The van der Waals surface area contributed by atoms with Crippen molar-refractivity contribution in [3.63, 3.8) is 0 Å². The molecule has 26 heavy (non-hydrogen) atoms. The van der Waals surface area contributed by atoms with Crippen LogP contribution in [0.25, 0.3) is 6.08 Å². The molecular weight excluding hydrogens is 342 g/mol. The third-order valence-electron chi connectivity index (χ3n) is 3.72. The highest BCUT2D eigenvalue weighted by atomic mass is 32.1. The highest BCUT2D eigenvalue weighted by Crippen LogP contribution is 2.29. The molecule has 2 aromatic heterocycles. The van der Waals surface area contributed by atoms with Gasteiger partial charge in [0.05, 0.1) is 5.69 Å². The minimum absolute atomic E-state index is 0.496. The number of hydrogen-bond acceptors (Lipinski definition) is 5. The molecule has 3 rings (SSSR count). The molecule has 4 nitrogen and oxygen atoms in total. The zero-order valence-electron chi connectivity index (χ0n) is 15.1. The van der Waals surface area contributed by atoms with Gasteiger partial charge < -0.3 is 10.1 Å². The van der Waals surface area contributed by atoms with Gasteiger partial charge in [-0.05, 0) is 30.5 Å². The van der Waals surface area contributed by atoms with Gasteiger partial charge in [0.2, 0.25) is 0 Å². The van der Waals surface area contributed by atoms with Gasteiger partial charge >= 0.3 is 0 Å². The van der Waals surface area contributed by atoms with Crippen molar-refractivity contribution < 1.29 is 4.74 Å². The Morgan fingerprint density at radius 2 is 2.08 bits per heavy atom. The highest BCUT2D eigenvalue weighted by molar-refractivity contribution is 7.13. The number of benzene rings is 1. The van der Waals surface area contributed by atoms with Crippen LogP contribution in [0.5, 0.6) is 5.75 Å². The molecule has 0 aliphatic heterocycles. The Balaban J connectivity index is 1.81. The first-order valence-corrected chi connectivity index (χ1v) is 9.65. The Morgan fingerprint density at radius 1 is 1.23 bits per heavy atom. The molecule has 5 heteroatoms. The highest BCUT2D eigenvalue weighted by Gasteiger charge is 2.09. The van der Waals surface area contributed by atoms with Crippen LogP contribution in [-0.2, 0) is 6.61 Å². The van der Waals surface area contributed by atoms with Gasteiger partial charge in [-0.1, -0.05) is 55.8 Å². The molecule has 0 fully saturated rings. The maximum Gasteiger partial charge on any atom is 0.188 e. The number of nitrogens with one attached hydrogen (secondary N) is 1. The molecule has 0 spiro atoms. The lowest BCUT2D eigenvalue weighted by atomic mass is 10.2. The van der Waals surface area contributed by atoms with E-state index in [1.165, 1.54) is 0 Å². The number of thiazole rings is 1. The largest absolute Gasteiger partial charge is 0.485 e. The number of allylic oxidation sites excluding steroid dienone is 1. The summed E-state index contributed by atoms with van der Waals surface area (Å²) in [5.41, 5.74) is 3.14. The van der Waals surface area contributed by atoms with E-state index in [1.807, 2.05) is 42.8 Å². The molecule has 0 saturated heterocycles. The first-order valence-electron chi connectivity index (χ1n) is 8.77. The fourth-order valence-corrected chi connectivity index (χ4v) is 3.08. The third kappa shape index (κ3) is 5.17. The second kappa shape index (κ2) is 9.15. The first kappa shape index (κ1) is 18.1. The lowest BCUT2D eigenvalue weighted by Crippen LogP contribution is -2.01. The van der Waals surface area contributed by atoms with Crippen LogP contribution in [0.15, 0.2) is 54.1 Å². The van der Waals surface area contributed by atoms with Gasteiger partial charge in [-0.25, -0.2) is 9.97 Å². The Morgan fingerprint density at radius 3 is 2.81 bits per heavy atom. The van der Waals surface area contributed by atoms with Gasteiger partial charge in [0.15, 0.2) is 16.7 Å². The van der Waals surface area contributed by atoms with E-state index in [0.717, 1.165) is 40.5 Å². The van der Waals surface area contributed by atoms with Gasteiger partial charge in [-0.2, -0.15) is 0 Å². The zero-order chi connectivity index (χ0) is 18.2. The van der Waals surface area contributed by atoms with Crippen LogP contribution in [0.1, 0.15) is 36.6 Å². The van der Waals surface area contributed by atoms with Crippen LogP contribution in [-0.4, -0.2) is 9.97 Å². The second-order valence-corrected chi connectivity index (χ2v) is 6.86. The van der Waals surface area contributed by atoms with Crippen molar-refractivity contribution in [2.45, 2.75) is 33.3 Å². The van der Waals surface area contributed by atoms with Crippen molar-refractivity contribution in [3.05, 3.63) is 70.9 Å². The van der Waals surface area contributed by atoms with Crippen molar-refractivity contribution in [1.29, 1.82) is 0 Å². The van der Waals surface area contributed by atoms with Gasteiger partial charge in [-0.3, -0.25) is 0 Å². The molecule has 0 radical (unpaired) electrons. The molecule has 2 heterocycles. The van der Waals surface area contributed by atoms with Gasteiger partial charge in [0.1, 0.15) is 6.61 Å². The standard InChI is InChI=1S/C21H23N3OS/c1-3-4-6-11-18-12-19(25-14-17-9-7-5-8-10-17)20(22-13-18)24-21-23-16(2)15-26-21/h5-13,15H,3-4,14H2,1-2H3,(H,22,23,24)/b11-6-. The molecule has 3 aromatic rings. The number of nitrogens with zero attached hydrogens (tertiary/aromatic N) is 2. The predicted molar refractivity (Wildman–Crippen MR) is 109 cm³/mol. The monoisotopic (exact) mass is 365 g/mol. The molecule has 0 unspecified atom stereocenters. The Labute approximate surface area is 158 Å². The molecule has 134 valence electrons. The van der Waals surface area contributed by atoms with Crippen molar-refractivity contribution in [3.8, 4) is 5.75 Å². The second-order valence-electron chi connectivity index (χ2n) is 6.00. The van der Waals surface area contributed by atoms with Gasteiger partial charge in [-0.15, -0.1) is 11.3 Å². The minimum atomic E-state index is 0.496. The van der Waals surface area contributed by atoms with Gasteiger partial charge in [0.25, 0.3) is 0 Å². The average molecular weight is 366 g/mol. The number of rotatable bonds is 8. The summed E-state index contributed by atoms with van der Waals surface area (Å²) in [6.07, 6.45) is 8.28. The van der Waals surface area contributed by atoms with E-state index in [-0.39, 0.29) is 0 Å². The maximum absolute atomic E-state index is 6.07. The van der Waals surface area contributed by atoms with Crippen molar-refractivity contribution >= 4 is 28.4 Å². The summed E-state index contributed by atoms with van der Waals surface area (Å²) in [4.78, 5) is 9.00. The maximum atomic E-state index is 6.07. The average Bonchev–Trinajstić information content (AvgIpc) is 3.07. The van der Waals surface area contributed by atoms with E-state index < -0.39 is 0 Å². The van der Waals surface area contributed by atoms with E-state index in [0.29, 0.717) is 12.4 Å². The number of aryl methyl sites for hydroxylation is 1. The summed E-state index contributed by atoms with van der Waals surface area (Å²) in [6.45, 7) is 4.64. The topological polar surface area (TPSA) is 47.0 Å². The summed E-state index contributed by atoms with van der Waals surface area (Å²) < 4.78 is 6.07. The molecule has 0 saturated carbocycles. The summed E-state index contributed by atoms with van der Waals surface area (Å²) >= 11 is 1.56. The van der Waals surface area contributed by atoms with Crippen molar-refractivity contribution in [2.24, 2.45) is 0 Å². The first-order chi connectivity index (χ1) is 12.7. The molecule has 1 aromatic carbocycles. The number of ether oxygens (including phenoxy) is 1. The molecule has 0 aliphatic carbocycles. The molecule has 0 atom stereocenters. The van der Waals surface area contributed by atoms with E-state index in [2.05, 4.69) is 46.5 Å². The summed E-state index contributed by atoms with van der Waals surface area (Å²) in [7, 11) is 0. The summed E-state index contributed by atoms with van der Waals surface area (Å²) in [5, 5.41) is 6.09. The van der Waals surface area contributed by atoms with Crippen LogP contribution >= 0.6 is 11.3 Å². The number of unbranched alkanes of at least 4 members (excludes halogenated alkanes) is 1. The van der Waals surface area contributed by atoms with E-state index >= 15 is 0 Å². The summed E-state index contributed by atoms with van der Waals surface area (Å²) in [6, 6.07) is 12.1. The van der Waals surface area contributed by atoms with Crippen molar-refractivity contribution in [1.82, 2.24) is 9.97 Å². The smallest absolute Gasteiger partial charge is 0.188 e. The number of anilines is 2. The van der Waals surface area contributed by atoms with Crippen LogP contribution < -0.4 is 10.1 Å². The SMILES string of the molecule is CCC/C=C\c1cnc(Nc2nc(C)cs2)c(OCc2ccccc2)c1. The summed E-state index contributed by atoms with van der Waals surface area (Å²) in [5.74, 6) is 1.41. The minimum Gasteiger partial charge on any atom is -0.485 e. The van der Waals surface area contributed by atoms with Crippen LogP contribution in [0, 0.1) is 6.92 Å². The fraction of sp³-hybridized carbons (Fsp3) is 0.238. The van der Waals surface area contributed by atoms with Crippen LogP contribution in [0.3, 0.4) is 0 Å². The fourth-order valence-electron chi connectivity index (χ4n) is 2.39. The predicted octanol–water partition coefficient (Wildman–Crippen LogP) is 5.98. The Bertz CT molecular complexity index is 859. The quantitative estimate of drug-likeness (QED) is 0.533. The number of aromatic nitrogens is 2. The Kier molecular flexibility index (Phi) is 6.39. The molecular formula is C21H23N3OS. The number of hydrogen-bond donors (Lipinski definition) is 1. The molecule has 0 aliphatic rings. The zero-order valence-corrected chi connectivity index (χ0v) is 15.9. The van der Waals surface area contributed by atoms with Gasteiger partial charge in [0, 0.05) is 11.6 Å². The molecule has 0 bridgehead atoms. The Hall–Kier alpha value is -2.66.